The molecule has 0 unspecified atom stereocenters. The van der Waals surface area contributed by atoms with Crippen molar-refractivity contribution in [2.24, 2.45) is 0 Å². The van der Waals surface area contributed by atoms with E-state index in [0.29, 0.717) is 0 Å². The van der Waals surface area contributed by atoms with Crippen LogP contribution in [0.4, 0.5) is 11.6 Å². The van der Waals surface area contributed by atoms with Gasteiger partial charge >= 0.3 is 0 Å². The van der Waals surface area contributed by atoms with Crippen molar-refractivity contribution in [2.75, 3.05) is 35.7 Å². The lowest BCUT2D eigenvalue weighted by molar-refractivity contribution is 0.825. The second kappa shape index (κ2) is 9.86. The van der Waals surface area contributed by atoms with E-state index >= 15 is 0 Å². The van der Waals surface area contributed by atoms with Crippen LogP contribution < -0.4 is 10.6 Å². The number of thioether (sulfide) groups is 1. The van der Waals surface area contributed by atoms with Gasteiger partial charge in [0.25, 0.3) is 0 Å². The van der Waals surface area contributed by atoms with E-state index in [9.17, 15) is 0 Å². The van der Waals surface area contributed by atoms with Gasteiger partial charge in [0.2, 0.25) is 0 Å². The molecule has 0 bridgehead atoms. The molecule has 0 aliphatic carbocycles. The first-order valence-electron chi connectivity index (χ1n) is 7.57. The monoisotopic (exact) mass is 296 g/mol. The fraction of sp³-hybridized carbons (Fsp3) is 0.733. The highest BCUT2D eigenvalue weighted by atomic mass is 32.2. The van der Waals surface area contributed by atoms with Crippen molar-refractivity contribution in [3.63, 3.8) is 0 Å². The van der Waals surface area contributed by atoms with E-state index in [1.54, 1.807) is 0 Å². The standard InChI is InChI=1S/C15H28N4S/c1-5-8-13-18-14(16-9-6-2)12(3)15(19-13)17-10-7-11-20-4/h5-11H2,1-4H3,(H2,16,17,18,19). The molecule has 0 radical (unpaired) electrons. The van der Waals surface area contributed by atoms with E-state index in [4.69, 9.17) is 0 Å². The summed E-state index contributed by atoms with van der Waals surface area (Å²) in [6.07, 6.45) is 6.40. The minimum Gasteiger partial charge on any atom is -0.370 e. The molecule has 20 heavy (non-hydrogen) atoms. The van der Waals surface area contributed by atoms with Crippen LogP contribution >= 0.6 is 11.8 Å². The molecule has 5 heteroatoms. The van der Waals surface area contributed by atoms with Crippen LogP contribution in [-0.4, -0.2) is 35.1 Å². The topological polar surface area (TPSA) is 49.8 Å². The minimum absolute atomic E-state index is 0.931. The van der Waals surface area contributed by atoms with Crippen molar-refractivity contribution < 1.29 is 0 Å². The molecule has 1 aromatic rings. The van der Waals surface area contributed by atoms with Gasteiger partial charge in [-0.1, -0.05) is 13.8 Å². The molecule has 0 spiro atoms. The Labute approximate surface area is 127 Å². The van der Waals surface area contributed by atoms with E-state index in [2.05, 4.69) is 47.6 Å². The van der Waals surface area contributed by atoms with Crippen molar-refractivity contribution >= 4 is 23.4 Å². The Bertz CT molecular complexity index is 396. The molecule has 1 heterocycles. The van der Waals surface area contributed by atoms with E-state index < -0.39 is 0 Å². The molecule has 0 aliphatic rings. The largest absolute Gasteiger partial charge is 0.370 e. The lowest BCUT2D eigenvalue weighted by atomic mass is 10.2. The number of hydrogen-bond donors (Lipinski definition) is 2. The van der Waals surface area contributed by atoms with Gasteiger partial charge in [-0.05, 0) is 38.2 Å². The summed E-state index contributed by atoms with van der Waals surface area (Å²) in [6, 6.07) is 0. The van der Waals surface area contributed by atoms with Crippen LogP contribution in [0.25, 0.3) is 0 Å². The van der Waals surface area contributed by atoms with Crippen LogP contribution in [-0.2, 0) is 6.42 Å². The molecular formula is C15H28N4S. The van der Waals surface area contributed by atoms with Crippen LogP contribution in [0.2, 0.25) is 0 Å². The van der Waals surface area contributed by atoms with Crippen molar-refractivity contribution in [3.8, 4) is 0 Å². The summed E-state index contributed by atoms with van der Waals surface area (Å²) in [5.74, 6) is 4.09. The van der Waals surface area contributed by atoms with E-state index in [1.165, 1.54) is 5.75 Å². The average Bonchev–Trinajstić information content (AvgIpc) is 2.45. The highest BCUT2D eigenvalue weighted by Crippen LogP contribution is 2.20. The zero-order chi connectivity index (χ0) is 14.8. The number of nitrogens with zero attached hydrogens (tertiary/aromatic N) is 2. The van der Waals surface area contributed by atoms with Crippen molar-refractivity contribution in [3.05, 3.63) is 11.4 Å². The van der Waals surface area contributed by atoms with E-state index in [0.717, 1.165) is 61.8 Å². The minimum atomic E-state index is 0.931. The van der Waals surface area contributed by atoms with Crippen molar-refractivity contribution in [1.29, 1.82) is 0 Å². The Morgan fingerprint density at radius 2 is 1.65 bits per heavy atom. The highest BCUT2D eigenvalue weighted by molar-refractivity contribution is 7.98. The zero-order valence-electron chi connectivity index (χ0n) is 13.3. The molecule has 0 amide bonds. The van der Waals surface area contributed by atoms with Gasteiger partial charge in [-0.3, -0.25) is 0 Å². The molecule has 2 N–H and O–H groups in total. The van der Waals surface area contributed by atoms with Gasteiger partial charge in [-0.2, -0.15) is 11.8 Å². The van der Waals surface area contributed by atoms with Gasteiger partial charge in [0.1, 0.15) is 17.5 Å². The molecule has 0 aliphatic heterocycles. The summed E-state index contributed by atoms with van der Waals surface area (Å²) < 4.78 is 0. The molecule has 0 saturated carbocycles. The SMILES string of the molecule is CCCNc1nc(CCC)nc(NCCCSC)c1C. The van der Waals surface area contributed by atoms with Gasteiger partial charge in [-0.15, -0.1) is 0 Å². The summed E-state index contributed by atoms with van der Waals surface area (Å²) in [7, 11) is 0. The molecule has 0 aromatic carbocycles. The Kier molecular flexibility index (Phi) is 8.42. The third-order valence-electron chi connectivity index (χ3n) is 3.03. The van der Waals surface area contributed by atoms with Crippen LogP contribution in [0, 0.1) is 6.92 Å². The molecule has 0 saturated heterocycles. The fourth-order valence-corrected chi connectivity index (χ4v) is 2.34. The maximum atomic E-state index is 4.66. The van der Waals surface area contributed by atoms with Gasteiger partial charge in [0.15, 0.2) is 0 Å². The van der Waals surface area contributed by atoms with Gasteiger partial charge < -0.3 is 10.6 Å². The van der Waals surface area contributed by atoms with Crippen LogP contribution in [0.1, 0.15) is 44.5 Å². The van der Waals surface area contributed by atoms with Gasteiger partial charge in [-0.25, -0.2) is 9.97 Å². The van der Waals surface area contributed by atoms with E-state index in [1.807, 2.05) is 11.8 Å². The Morgan fingerprint density at radius 3 is 2.20 bits per heavy atom. The van der Waals surface area contributed by atoms with Crippen LogP contribution in [0.3, 0.4) is 0 Å². The Hall–Kier alpha value is -0.970. The number of hydrogen-bond acceptors (Lipinski definition) is 5. The Morgan fingerprint density at radius 1 is 1.00 bits per heavy atom. The molecule has 114 valence electrons. The van der Waals surface area contributed by atoms with Gasteiger partial charge in [0, 0.05) is 25.1 Å². The van der Waals surface area contributed by atoms with Crippen molar-refractivity contribution in [1.82, 2.24) is 9.97 Å². The first kappa shape index (κ1) is 17.1. The maximum Gasteiger partial charge on any atom is 0.134 e. The lowest BCUT2D eigenvalue weighted by Crippen LogP contribution is -2.13. The van der Waals surface area contributed by atoms with E-state index in [-0.39, 0.29) is 0 Å². The molecule has 1 rings (SSSR count). The summed E-state index contributed by atoms with van der Waals surface area (Å²) in [6.45, 7) is 8.34. The number of rotatable bonds is 10. The normalized spacial score (nSPS) is 10.6. The van der Waals surface area contributed by atoms with Crippen LogP contribution in [0.15, 0.2) is 0 Å². The summed E-state index contributed by atoms with van der Waals surface area (Å²) >= 11 is 1.88. The second-order valence-corrected chi connectivity index (χ2v) is 5.90. The quantitative estimate of drug-likeness (QED) is 0.644. The smallest absolute Gasteiger partial charge is 0.134 e. The number of aromatic nitrogens is 2. The summed E-state index contributed by atoms with van der Waals surface area (Å²) in [5.41, 5.74) is 1.13. The molecule has 0 atom stereocenters. The predicted molar refractivity (Wildman–Crippen MR) is 91.0 cm³/mol. The average molecular weight is 296 g/mol. The Balaban J connectivity index is 2.80. The third-order valence-corrected chi connectivity index (χ3v) is 3.72. The zero-order valence-corrected chi connectivity index (χ0v) is 14.1. The fourth-order valence-electron chi connectivity index (χ4n) is 1.91. The number of anilines is 2. The molecule has 0 fully saturated rings. The number of nitrogens with one attached hydrogen (secondary N) is 2. The second-order valence-electron chi connectivity index (χ2n) is 4.91. The summed E-state index contributed by atoms with van der Waals surface area (Å²) in [4.78, 5) is 9.30. The van der Waals surface area contributed by atoms with Crippen LogP contribution in [0.5, 0.6) is 0 Å². The predicted octanol–water partition coefficient (Wildman–Crippen LogP) is 3.72. The highest BCUT2D eigenvalue weighted by Gasteiger charge is 2.09. The summed E-state index contributed by atoms with van der Waals surface area (Å²) in [5, 5.41) is 6.87. The van der Waals surface area contributed by atoms with Gasteiger partial charge in [0.05, 0.1) is 0 Å². The number of aryl methyl sites for hydroxylation is 1. The first-order valence-corrected chi connectivity index (χ1v) is 8.96. The lowest BCUT2D eigenvalue weighted by Gasteiger charge is -2.14. The third kappa shape index (κ3) is 5.57. The molecular weight excluding hydrogens is 268 g/mol. The first-order chi connectivity index (χ1) is 9.72. The molecule has 1 aromatic heterocycles. The maximum absolute atomic E-state index is 4.66. The van der Waals surface area contributed by atoms with Crippen molar-refractivity contribution in [2.45, 2.75) is 46.5 Å². The molecule has 4 nitrogen and oxygen atoms in total.